The smallest absolute Gasteiger partial charge is 0.258 e. The second-order valence-corrected chi connectivity index (χ2v) is 6.51. The lowest BCUT2D eigenvalue weighted by Crippen LogP contribution is -2.21. The Morgan fingerprint density at radius 3 is 2.64 bits per heavy atom. The summed E-state index contributed by atoms with van der Waals surface area (Å²) in [5.74, 6) is 0. The molecule has 3 rings (SSSR count). The van der Waals surface area contributed by atoms with Crippen LogP contribution in [0.25, 0.3) is 5.65 Å². The molecule has 2 aromatic heterocycles. The molecule has 0 spiro atoms. The summed E-state index contributed by atoms with van der Waals surface area (Å²) in [5, 5.41) is 0. The molecule has 1 fully saturated rings. The normalized spacial score (nSPS) is 15.9. The summed E-state index contributed by atoms with van der Waals surface area (Å²) >= 11 is 0. The third-order valence-corrected chi connectivity index (χ3v) is 4.64. The van der Waals surface area contributed by atoms with Crippen LogP contribution in [0.2, 0.25) is 0 Å². The lowest BCUT2D eigenvalue weighted by Gasteiger charge is -2.18. The van der Waals surface area contributed by atoms with Gasteiger partial charge in [-0.2, -0.15) is 0 Å². The van der Waals surface area contributed by atoms with Gasteiger partial charge >= 0.3 is 0 Å². The van der Waals surface area contributed by atoms with E-state index in [0.29, 0.717) is 17.1 Å². The van der Waals surface area contributed by atoms with Crippen molar-refractivity contribution in [2.24, 2.45) is 4.99 Å². The molecule has 0 aromatic carbocycles. The Hall–Kier alpha value is -2.69. The first-order chi connectivity index (χ1) is 12.0. The molecule has 0 saturated carbocycles. The van der Waals surface area contributed by atoms with Gasteiger partial charge in [0.05, 0.1) is 17.1 Å². The Morgan fingerprint density at radius 2 is 2.00 bits per heavy atom. The van der Waals surface area contributed by atoms with E-state index in [1.54, 1.807) is 17.5 Å². The van der Waals surface area contributed by atoms with Gasteiger partial charge in [0.15, 0.2) is 0 Å². The molecule has 3 heterocycles. The molecule has 0 bridgehead atoms. The molecule has 1 aliphatic heterocycles. The summed E-state index contributed by atoms with van der Waals surface area (Å²) < 4.78 is 1.61. The van der Waals surface area contributed by atoms with Gasteiger partial charge < -0.3 is 4.90 Å². The zero-order valence-electron chi connectivity index (χ0n) is 15.1. The Labute approximate surface area is 148 Å². The highest BCUT2D eigenvalue weighted by Gasteiger charge is 2.14. The molecule has 0 aliphatic carbocycles. The van der Waals surface area contributed by atoms with E-state index in [1.807, 2.05) is 38.3 Å². The fraction of sp³-hybridized carbons (Fsp3) is 0.350. The molecule has 1 saturated heterocycles. The largest absolute Gasteiger partial charge is 0.370 e. The van der Waals surface area contributed by atoms with Crippen molar-refractivity contribution in [3.63, 3.8) is 0 Å². The highest BCUT2D eigenvalue weighted by molar-refractivity contribution is 6.08. The number of hydrogen-bond acceptors (Lipinski definition) is 4. The Bertz CT molecular complexity index is 930. The number of nitrogens with zero attached hydrogens (tertiary/aromatic N) is 4. The number of rotatable bonds is 4. The van der Waals surface area contributed by atoms with Crippen LogP contribution >= 0.6 is 0 Å². The van der Waals surface area contributed by atoms with Crippen LogP contribution in [-0.2, 0) is 0 Å². The SMILES string of the molecule is C=C(C)/C(C)=C/C(=NC)c1cc(=O)n2cc(N3CCCC3)ccc2n1. The van der Waals surface area contributed by atoms with Crippen LogP contribution in [0, 0.1) is 0 Å². The summed E-state index contributed by atoms with van der Waals surface area (Å²) in [6, 6.07) is 5.49. The van der Waals surface area contributed by atoms with E-state index < -0.39 is 0 Å². The standard InChI is InChI=1S/C20H24N4O/c1-14(2)15(3)11-17(21-4)18-12-20(25)24-13-16(7-8-19(24)22-18)23-9-5-6-10-23/h7-8,11-13H,1,5-6,9-10H2,2-4H3/b15-11+,21-17?. The fourth-order valence-corrected chi connectivity index (χ4v) is 2.97. The number of anilines is 1. The summed E-state index contributed by atoms with van der Waals surface area (Å²) in [6.07, 6.45) is 6.21. The van der Waals surface area contributed by atoms with Crippen molar-refractivity contribution in [1.29, 1.82) is 0 Å². The lowest BCUT2D eigenvalue weighted by molar-refractivity contribution is 0.944. The van der Waals surface area contributed by atoms with Gasteiger partial charge in [0, 0.05) is 32.4 Å². The zero-order chi connectivity index (χ0) is 18.0. The summed E-state index contributed by atoms with van der Waals surface area (Å²) in [4.78, 5) is 23.8. The Kier molecular flexibility index (Phi) is 4.83. The quantitative estimate of drug-likeness (QED) is 0.636. The molecule has 25 heavy (non-hydrogen) atoms. The van der Waals surface area contributed by atoms with E-state index in [1.165, 1.54) is 12.8 Å². The second-order valence-electron chi connectivity index (χ2n) is 6.51. The van der Waals surface area contributed by atoms with Crippen LogP contribution in [0.5, 0.6) is 0 Å². The predicted octanol–water partition coefficient (Wildman–Crippen LogP) is 3.24. The summed E-state index contributed by atoms with van der Waals surface area (Å²) in [6.45, 7) is 9.95. The van der Waals surface area contributed by atoms with Crippen molar-refractivity contribution < 1.29 is 0 Å². The highest BCUT2D eigenvalue weighted by atomic mass is 16.1. The number of pyridine rings is 1. The molecule has 1 aliphatic rings. The Morgan fingerprint density at radius 1 is 1.28 bits per heavy atom. The van der Waals surface area contributed by atoms with E-state index in [4.69, 9.17) is 0 Å². The van der Waals surface area contributed by atoms with E-state index in [0.717, 1.165) is 29.9 Å². The highest BCUT2D eigenvalue weighted by Crippen LogP contribution is 2.20. The maximum atomic E-state index is 12.6. The van der Waals surface area contributed by atoms with Gasteiger partial charge in [-0.15, -0.1) is 0 Å². The van der Waals surface area contributed by atoms with Gasteiger partial charge in [0.2, 0.25) is 0 Å². The average molecular weight is 336 g/mol. The molecule has 0 amide bonds. The van der Waals surface area contributed by atoms with Crippen LogP contribution in [-0.4, -0.2) is 35.2 Å². The summed E-state index contributed by atoms with van der Waals surface area (Å²) in [7, 11) is 1.71. The van der Waals surface area contributed by atoms with Crippen molar-refractivity contribution >= 4 is 17.0 Å². The zero-order valence-corrected chi connectivity index (χ0v) is 15.1. The molecule has 2 aromatic rings. The van der Waals surface area contributed by atoms with E-state index >= 15 is 0 Å². The van der Waals surface area contributed by atoms with Gasteiger partial charge in [0.1, 0.15) is 5.65 Å². The first kappa shape index (κ1) is 17.1. The molecule has 5 nitrogen and oxygen atoms in total. The van der Waals surface area contributed by atoms with Gasteiger partial charge in [0.25, 0.3) is 5.56 Å². The predicted molar refractivity (Wildman–Crippen MR) is 104 cm³/mol. The van der Waals surface area contributed by atoms with Crippen LogP contribution in [0.4, 0.5) is 5.69 Å². The van der Waals surface area contributed by atoms with Crippen LogP contribution < -0.4 is 10.5 Å². The van der Waals surface area contributed by atoms with Crippen LogP contribution in [0.3, 0.4) is 0 Å². The van der Waals surface area contributed by atoms with Crippen molar-refractivity contribution in [3.8, 4) is 0 Å². The monoisotopic (exact) mass is 336 g/mol. The third-order valence-electron chi connectivity index (χ3n) is 4.64. The minimum absolute atomic E-state index is 0.0939. The van der Waals surface area contributed by atoms with Gasteiger partial charge in [-0.25, -0.2) is 4.98 Å². The molecule has 0 atom stereocenters. The number of aliphatic imine (C=N–C) groups is 1. The Balaban J connectivity index is 2.04. The molecular weight excluding hydrogens is 312 g/mol. The second kappa shape index (κ2) is 7.05. The van der Waals surface area contributed by atoms with E-state index in [9.17, 15) is 4.79 Å². The molecule has 5 heteroatoms. The number of allylic oxidation sites excluding steroid dienone is 3. The van der Waals surface area contributed by atoms with E-state index in [-0.39, 0.29) is 5.56 Å². The molecule has 0 N–H and O–H groups in total. The van der Waals surface area contributed by atoms with Gasteiger partial charge in [-0.1, -0.05) is 12.2 Å². The fourth-order valence-electron chi connectivity index (χ4n) is 2.97. The third kappa shape index (κ3) is 3.55. The summed E-state index contributed by atoms with van der Waals surface area (Å²) in [5.41, 5.74) is 4.87. The topological polar surface area (TPSA) is 50.0 Å². The average Bonchev–Trinajstić information content (AvgIpc) is 3.13. The van der Waals surface area contributed by atoms with Crippen molar-refractivity contribution in [2.75, 3.05) is 25.0 Å². The van der Waals surface area contributed by atoms with Crippen LogP contribution in [0.15, 0.2) is 58.0 Å². The maximum Gasteiger partial charge on any atom is 0.258 e. The molecule has 0 unspecified atom stereocenters. The lowest BCUT2D eigenvalue weighted by atomic mass is 10.1. The first-order valence-electron chi connectivity index (χ1n) is 8.59. The minimum Gasteiger partial charge on any atom is -0.370 e. The van der Waals surface area contributed by atoms with Crippen LogP contribution in [0.1, 0.15) is 32.4 Å². The molecule has 0 radical (unpaired) electrons. The molecular formula is C20H24N4O. The molecule has 130 valence electrons. The van der Waals surface area contributed by atoms with Crippen molar-refractivity contribution in [1.82, 2.24) is 9.38 Å². The van der Waals surface area contributed by atoms with Crippen molar-refractivity contribution in [3.05, 3.63) is 64.2 Å². The van der Waals surface area contributed by atoms with Crippen molar-refractivity contribution in [2.45, 2.75) is 26.7 Å². The number of aromatic nitrogens is 2. The van der Waals surface area contributed by atoms with Gasteiger partial charge in [-0.05, 0) is 50.5 Å². The maximum absolute atomic E-state index is 12.6. The van der Waals surface area contributed by atoms with Gasteiger partial charge in [-0.3, -0.25) is 14.2 Å². The minimum atomic E-state index is -0.0939. The number of hydrogen-bond donors (Lipinski definition) is 0. The van der Waals surface area contributed by atoms with E-state index in [2.05, 4.69) is 21.5 Å². The first-order valence-corrected chi connectivity index (χ1v) is 8.59. The number of fused-ring (bicyclic) bond motifs is 1.